The van der Waals surface area contributed by atoms with Gasteiger partial charge in [0.25, 0.3) is 5.91 Å². The van der Waals surface area contributed by atoms with Crippen molar-refractivity contribution in [2.45, 2.75) is 33.1 Å². The van der Waals surface area contributed by atoms with E-state index >= 15 is 0 Å². The van der Waals surface area contributed by atoms with Crippen molar-refractivity contribution in [1.29, 1.82) is 0 Å². The number of carbonyl (C=O) groups excluding carboxylic acids is 2. The van der Waals surface area contributed by atoms with E-state index < -0.39 is 0 Å². The highest BCUT2D eigenvalue weighted by atomic mass is 35.5. The first-order valence-corrected chi connectivity index (χ1v) is 9.57. The molecule has 4 nitrogen and oxygen atoms in total. The van der Waals surface area contributed by atoms with Crippen LogP contribution in [0.3, 0.4) is 0 Å². The molecule has 1 aromatic heterocycles. The van der Waals surface area contributed by atoms with Gasteiger partial charge in [-0.2, -0.15) is 0 Å². The lowest BCUT2D eigenvalue weighted by Crippen LogP contribution is -2.16. The molecule has 0 radical (unpaired) electrons. The van der Waals surface area contributed by atoms with Crippen LogP contribution in [0.2, 0.25) is 5.02 Å². The molecule has 6 heteroatoms. The molecule has 1 heterocycles. The van der Waals surface area contributed by atoms with Crippen LogP contribution in [0.1, 0.15) is 51.4 Å². The number of thiophene rings is 1. The molecule has 1 aromatic carbocycles. The summed E-state index contributed by atoms with van der Waals surface area (Å²) in [5.41, 5.74) is 2.06. The summed E-state index contributed by atoms with van der Waals surface area (Å²) in [5.74, 6) is -0.0316. The first kappa shape index (κ1) is 18.0. The Morgan fingerprint density at radius 3 is 2.72 bits per heavy atom. The predicted octanol–water partition coefficient (Wildman–Crippen LogP) is 4.96. The van der Waals surface area contributed by atoms with Gasteiger partial charge in [0, 0.05) is 15.5 Å². The lowest BCUT2D eigenvalue weighted by atomic mass is 9.88. The van der Waals surface area contributed by atoms with Crippen molar-refractivity contribution < 1.29 is 14.3 Å². The van der Waals surface area contributed by atoms with Crippen LogP contribution >= 0.6 is 22.9 Å². The molecule has 132 valence electrons. The molecule has 0 bridgehead atoms. The molecule has 0 aliphatic heterocycles. The minimum atomic E-state index is -0.360. The van der Waals surface area contributed by atoms with Gasteiger partial charge in [-0.25, -0.2) is 4.79 Å². The SMILES string of the molecule is CCOC(=O)c1c(NC(=O)c2ccc(Cl)cc2)sc2c1CC[C@H](C)C2. The minimum absolute atomic E-state index is 0.256. The lowest BCUT2D eigenvalue weighted by molar-refractivity contribution is 0.0526. The Bertz CT molecular complexity index is 798. The quantitative estimate of drug-likeness (QED) is 0.766. The second kappa shape index (κ2) is 7.58. The molecule has 25 heavy (non-hydrogen) atoms. The van der Waals surface area contributed by atoms with Gasteiger partial charge in [0.2, 0.25) is 0 Å². The van der Waals surface area contributed by atoms with Crippen molar-refractivity contribution in [3.8, 4) is 0 Å². The number of rotatable bonds is 4. The molecule has 1 aliphatic rings. The van der Waals surface area contributed by atoms with Crippen molar-refractivity contribution in [3.05, 3.63) is 50.9 Å². The Morgan fingerprint density at radius 2 is 2.04 bits per heavy atom. The van der Waals surface area contributed by atoms with Gasteiger partial charge in [0.1, 0.15) is 5.00 Å². The minimum Gasteiger partial charge on any atom is -0.462 e. The molecular formula is C19H20ClNO3S. The van der Waals surface area contributed by atoms with Gasteiger partial charge in [-0.05, 0) is 61.9 Å². The van der Waals surface area contributed by atoms with E-state index in [1.807, 2.05) is 0 Å². The van der Waals surface area contributed by atoms with Crippen LogP contribution in [0.4, 0.5) is 5.00 Å². The van der Waals surface area contributed by atoms with E-state index in [1.165, 1.54) is 16.2 Å². The second-order valence-electron chi connectivity index (χ2n) is 6.24. The standard InChI is InChI=1S/C19H20ClNO3S/c1-3-24-19(23)16-14-9-4-11(2)10-15(14)25-18(16)21-17(22)12-5-7-13(20)8-6-12/h5-8,11H,3-4,9-10H2,1-2H3,(H,21,22)/t11-/m0/s1. The number of anilines is 1. The predicted molar refractivity (Wildman–Crippen MR) is 101 cm³/mol. The number of amides is 1. The van der Waals surface area contributed by atoms with E-state index in [0.29, 0.717) is 33.7 Å². The van der Waals surface area contributed by atoms with Crippen LogP contribution in [-0.2, 0) is 17.6 Å². The topological polar surface area (TPSA) is 55.4 Å². The van der Waals surface area contributed by atoms with Crippen molar-refractivity contribution in [3.63, 3.8) is 0 Å². The fourth-order valence-electron chi connectivity index (χ4n) is 3.03. The van der Waals surface area contributed by atoms with Crippen LogP contribution in [0.25, 0.3) is 0 Å². The monoisotopic (exact) mass is 377 g/mol. The third kappa shape index (κ3) is 3.88. The van der Waals surface area contributed by atoms with Crippen molar-refractivity contribution in [1.82, 2.24) is 0 Å². The van der Waals surface area contributed by atoms with Gasteiger partial charge in [-0.15, -0.1) is 11.3 Å². The van der Waals surface area contributed by atoms with Gasteiger partial charge in [-0.1, -0.05) is 18.5 Å². The summed E-state index contributed by atoms with van der Waals surface area (Å²) in [5, 5.41) is 4.05. The van der Waals surface area contributed by atoms with Crippen LogP contribution in [0, 0.1) is 5.92 Å². The maximum absolute atomic E-state index is 12.5. The van der Waals surface area contributed by atoms with Crippen LogP contribution in [0.15, 0.2) is 24.3 Å². The van der Waals surface area contributed by atoms with E-state index in [9.17, 15) is 9.59 Å². The zero-order valence-electron chi connectivity index (χ0n) is 14.2. The lowest BCUT2D eigenvalue weighted by Gasteiger charge is -2.18. The molecule has 2 aromatic rings. The summed E-state index contributed by atoms with van der Waals surface area (Å²) in [4.78, 5) is 26.2. The maximum Gasteiger partial charge on any atom is 0.341 e. The number of carbonyl (C=O) groups is 2. The Balaban J connectivity index is 1.93. The highest BCUT2D eigenvalue weighted by Gasteiger charge is 2.29. The number of hydrogen-bond acceptors (Lipinski definition) is 4. The Kier molecular flexibility index (Phi) is 5.45. The molecule has 0 spiro atoms. The third-order valence-corrected chi connectivity index (χ3v) is 5.75. The molecule has 1 N–H and O–H groups in total. The summed E-state index contributed by atoms with van der Waals surface area (Å²) in [6.07, 6.45) is 2.82. The van der Waals surface area contributed by atoms with Crippen molar-refractivity contribution in [2.24, 2.45) is 5.92 Å². The average molecular weight is 378 g/mol. The van der Waals surface area contributed by atoms with Crippen LogP contribution in [0.5, 0.6) is 0 Å². The number of hydrogen-bond donors (Lipinski definition) is 1. The van der Waals surface area contributed by atoms with Crippen molar-refractivity contribution in [2.75, 3.05) is 11.9 Å². The first-order valence-electron chi connectivity index (χ1n) is 8.38. The van der Waals surface area contributed by atoms with Gasteiger partial charge in [0.15, 0.2) is 0 Å². The average Bonchev–Trinajstić information content (AvgIpc) is 2.92. The normalized spacial score (nSPS) is 16.2. The number of benzene rings is 1. The molecule has 0 unspecified atom stereocenters. The van der Waals surface area contributed by atoms with E-state index in [1.54, 1.807) is 31.2 Å². The van der Waals surface area contributed by atoms with Gasteiger partial charge >= 0.3 is 5.97 Å². The molecular weight excluding hydrogens is 358 g/mol. The summed E-state index contributed by atoms with van der Waals surface area (Å²) in [6, 6.07) is 6.67. The van der Waals surface area contributed by atoms with Gasteiger partial charge < -0.3 is 10.1 Å². The second-order valence-corrected chi connectivity index (χ2v) is 7.78. The van der Waals surface area contributed by atoms with Crippen molar-refractivity contribution >= 4 is 39.8 Å². The van der Waals surface area contributed by atoms with E-state index in [4.69, 9.17) is 16.3 Å². The number of ether oxygens (including phenoxy) is 1. The summed E-state index contributed by atoms with van der Waals surface area (Å²) >= 11 is 7.36. The Morgan fingerprint density at radius 1 is 1.32 bits per heavy atom. The van der Waals surface area contributed by atoms with Crippen LogP contribution < -0.4 is 5.32 Å². The first-order chi connectivity index (χ1) is 12.0. The van der Waals surface area contributed by atoms with Crippen LogP contribution in [-0.4, -0.2) is 18.5 Å². The van der Waals surface area contributed by atoms with E-state index in [0.717, 1.165) is 24.8 Å². The molecule has 1 aliphatic carbocycles. The zero-order valence-corrected chi connectivity index (χ0v) is 15.8. The number of halogens is 1. The fourth-order valence-corrected chi connectivity index (χ4v) is 4.55. The highest BCUT2D eigenvalue weighted by Crippen LogP contribution is 2.40. The number of nitrogens with one attached hydrogen (secondary N) is 1. The maximum atomic E-state index is 12.5. The number of fused-ring (bicyclic) bond motifs is 1. The molecule has 0 saturated heterocycles. The van der Waals surface area contributed by atoms with Gasteiger partial charge in [-0.3, -0.25) is 4.79 Å². The molecule has 3 rings (SSSR count). The summed E-state index contributed by atoms with van der Waals surface area (Å²) in [7, 11) is 0. The van der Waals surface area contributed by atoms with E-state index in [-0.39, 0.29) is 11.9 Å². The fraction of sp³-hybridized carbons (Fsp3) is 0.368. The molecule has 0 saturated carbocycles. The van der Waals surface area contributed by atoms with Gasteiger partial charge in [0.05, 0.1) is 12.2 Å². The summed E-state index contributed by atoms with van der Waals surface area (Å²) < 4.78 is 5.22. The largest absolute Gasteiger partial charge is 0.462 e. The Labute approximate surface area is 156 Å². The molecule has 1 amide bonds. The Hall–Kier alpha value is -1.85. The molecule has 1 atom stereocenters. The smallest absolute Gasteiger partial charge is 0.341 e. The third-order valence-electron chi connectivity index (χ3n) is 4.32. The molecule has 0 fully saturated rings. The number of esters is 1. The highest BCUT2D eigenvalue weighted by molar-refractivity contribution is 7.17. The zero-order chi connectivity index (χ0) is 18.0. The van der Waals surface area contributed by atoms with E-state index in [2.05, 4.69) is 12.2 Å². The summed E-state index contributed by atoms with van der Waals surface area (Å²) in [6.45, 7) is 4.30.